The molecule has 0 fully saturated rings. The summed E-state index contributed by atoms with van der Waals surface area (Å²) >= 11 is 6.08. The number of aliphatic hydroxyl groups excluding tert-OH is 1. The van der Waals surface area contributed by atoms with Crippen LogP contribution in [-0.4, -0.2) is 40.9 Å². The minimum absolute atomic E-state index is 0.0186. The predicted molar refractivity (Wildman–Crippen MR) is 85.0 cm³/mol. The van der Waals surface area contributed by atoms with E-state index in [-0.39, 0.29) is 17.8 Å². The Hall–Kier alpha value is -0.650. The van der Waals surface area contributed by atoms with Crippen molar-refractivity contribution in [3.8, 4) is 0 Å². The topological polar surface area (TPSA) is 49.3 Å². The Balaban J connectivity index is 2.15. The molecule has 2 N–H and O–H groups in total. The van der Waals surface area contributed by atoms with Gasteiger partial charge < -0.3 is 10.4 Å². The number of carbonyl (C=O) groups is 1. The Morgan fingerprint density at radius 1 is 1.32 bits per heavy atom. The summed E-state index contributed by atoms with van der Waals surface area (Å²) in [4.78, 5) is 11.8. The second kappa shape index (κ2) is 10.2. The van der Waals surface area contributed by atoms with Crippen molar-refractivity contribution >= 4 is 30.3 Å². The monoisotopic (exact) mass is 299 g/mol. The van der Waals surface area contributed by atoms with Crippen LogP contribution in [0, 0.1) is 0 Å². The standard InChI is InChI=1S/C14H21NO2S2/c16-8-4-9-19-10-7-15-14(17)13(18)11-12-5-2-1-3-6-12/h1-3,5-6,13,16,18H,4,7-11H2,(H,15,17). The highest BCUT2D eigenvalue weighted by Crippen LogP contribution is 2.08. The van der Waals surface area contributed by atoms with E-state index >= 15 is 0 Å². The summed E-state index contributed by atoms with van der Waals surface area (Å²) < 4.78 is 0. The second-order valence-corrected chi connectivity index (χ2v) is 6.03. The largest absolute Gasteiger partial charge is 0.396 e. The van der Waals surface area contributed by atoms with E-state index in [2.05, 4.69) is 17.9 Å². The van der Waals surface area contributed by atoms with Gasteiger partial charge in [0.1, 0.15) is 0 Å². The first kappa shape index (κ1) is 16.4. The summed E-state index contributed by atoms with van der Waals surface area (Å²) in [6, 6.07) is 9.89. The minimum atomic E-state index is -0.301. The number of benzene rings is 1. The molecule has 1 rings (SSSR count). The van der Waals surface area contributed by atoms with Crippen molar-refractivity contribution < 1.29 is 9.90 Å². The van der Waals surface area contributed by atoms with Gasteiger partial charge in [0.2, 0.25) is 5.91 Å². The van der Waals surface area contributed by atoms with Gasteiger partial charge in [-0.1, -0.05) is 30.3 Å². The number of thioether (sulfide) groups is 1. The molecule has 3 nitrogen and oxygen atoms in total. The molecule has 106 valence electrons. The van der Waals surface area contributed by atoms with Gasteiger partial charge in [-0.2, -0.15) is 24.4 Å². The zero-order valence-electron chi connectivity index (χ0n) is 10.9. The average Bonchev–Trinajstić information content (AvgIpc) is 2.43. The molecule has 1 aromatic carbocycles. The van der Waals surface area contributed by atoms with Crippen molar-refractivity contribution in [1.82, 2.24) is 5.32 Å². The van der Waals surface area contributed by atoms with Crippen LogP contribution in [0.4, 0.5) is 0 Å². The van der Waals surface area contributed by atoms with Crippen LogP contribution in [0.2, 0.25) is 0 Å². The average molecular weight is 299 g/mol. The number of aliphatic hydroxyl groups is 1. The van der Waals surface area contributed by atoms with Crippen molar-refractivity contribution in [3.63, 3.8) is 0 Å². The van der Waals surface area contributed by atoms with Crippen LogP contribution in [0.25, 0.3) is 0 Å². The van der Waals surface area contributed by atoms with Crippen molar-refractivity contribution in [1.29, 1.82) is 0 Å². The first-order chi connectivity index (χ1) is 9.24. The molecule has 0 heterocycles. The van der Waals surface area contributed by atoms with Crippen molar-refractivity contribution in [2.75, 3.05) is 24.7 Å². The van der Waals surface area contributed by atoms with Crippen LogP contribution in [0.5, 0.6) is 0 Å². The number of hydrogen-bond acceptors (Lipinski definition) is 4. The molecule has 1 amide bonds. The molecule has 0 aromatic heterocycles. The van der Waals surface area contributed by atoms with Gasteiger partial charge in [0.15, 0.2) is 0 Å². The fourth-order valence-corrected chi connectivity index (χ4v) is 2.65. The lowest BCUT2D eigenvalue weighted by atomic mass is 10.1. The molecule has 19 heavy (non-hydrogen) atoms. The molecule has 0 saturated carbocycles. The van der Waals surface area contributed by atoms with E-state index in [4.69, 9.17) is 5.11 Å². The Morgan fingerprint density at radius 3 is 2.74 bits per heavy atom. The highest BCUT2D eigenvalue weighted by Gasteiger charge is 2.13. The maximum Gasteiger partial charge on any atom is 0.233 e. The fourth-order valence-electron chi connectivity index (χ4n) is 1.56. The van der Waals surface area contributed by atoms with Gasteiger partial charge in [0, 0.05) is 18.9 Å². The molecule has 0 aliphatic carbocycles. The van der Waals surface area contributed by atoms with E-state index in [9.17, 15) is 4.79 Å². The third kappa shape index (κ3) is 7.50. The van der Waals surface area contributed by atoms with Crippen LogP contribution in [0.3, 0.4) is 0 Å². The number of thiol groups is 1. The van der Waals surface area contributed by atoms with Crippen molar-refractivity contribution in [2.45, 2.75) is 18.1 Å². The van der Waals surface area contributed by atoms with Gasteiger partial charge in [-0.05, 0) is 24.2 Å². The molecule has 5 heteroatoms. The molecule has 0 radical (unpaired) electrons. The number of carbonyl (C=O) groups excluding carboxylic acids is 1. The van der Waals surface area contributed by atoms with Gasteiger partial charge >= 0.3 is 0 Å². The highest BCUT2D eigenvalue weighted by molar-refractivity contribution is 7.99. The minimum Gasteiger partial charge on any atom is -0.396 e. The lowest BCUT2D eigenvalue weighted by Gasteiger charge is -2.11. The van der Waals surface area contributed by atoms with Crippen LogP contribution in [-0.2, 0) is 11.2 Å². The van der Waals surface area contributed by atoms with Crippen LogP contribution in [0.1, 0.15) is 12.0 Å². The molecular weight excluding hydrogens is 278 g/mol. The van der Waals surface area contributed by atoms with Gasteiger partial charge in [-0.15, -0.1) is 0 Å². The first-order valence-electron chi connectivity index (χ1n) is 6.42. The van der Waals surface area contributed by atoms with E-state index < -0.39 is 0 Å². The summed E-state index contributed by atoms with van der Waals surface area (Å²) in [6.07, 6.45) is 1.45. The number of rotatable bonds is 9. The zero-order chi connectivity index (χ0) is 13.9. The van der Waals surface area contributed by atoms with Crippen molar-refractivity contribution in [2.24, 2.45) is 0 Å². The van der Waals surface area contributed by atoms with Crippen molar-refractivity contribution in [3.05, 3.63) is 35.9 Å². The molecule has 0 spiro atoms. The third-order valence-electron chi connectivity index (χ3n) is 2.57. The fraction of sp³-hybridized carbons (Fsp3) is 0.500. The Morgan fingerprint density at radius 2 is 2.05 bits per heavy atom. The molecule has 0 aliphatic rings. The van der Waals surface area contributed by atoms with Crippen LogP contribution in [0.15, 0.2) is 30.3 Å². The van der Waals surface area contributed by atoms with Crippen LogP contribution < -0.4 is 5.32 Å². The molecule has 1 aromatic rings. The van der Waals surface area contributed by atoms with Gasteiger partial charge in [-0.3, -0.25) is 4.79 Å². The molecule has 0 aliphatic heterocycles. The zero-order valence-corrected chi connectivity index (χ0v) is 12.6. The number of amides is 1. The molecule has 0 saturated heterocycles. The number of hydrogen-bond donors (Lipinski definition) is 3. The first-order valence-corrected chi connectivity index (χ1v) is 8.09. The molecular formula is C14H21NO2S2. The normalized spacial score (nSPS) is 12.1. The summed E-state index contributed by atoms with van der Waals surface area (Å²) in [5, 5.41) is 11.2. The van der Waals surface area contributed by atoms with Gasteiger partial charge in [-0.25, -0.2) is 0 Å². The Bertz CT molecular complexity index is 360. The van der Waals surface area contributed by atoms with E-state index in [1.807, 2.05) is 30.3 Å². The Kier molecular flexibility index (Phi) is 8.79. The SMILES string of the molecule is O=C(NCCSCCCO)C(S)Cc1ccccc1. The third-order valence-corrected chi connectivity index (χ3v) is 4.05. The predicted octanol–water partition coefficient (Wildman–Crippen LogP) is 1.76. The van der Waals surface area contributed by atoms with Crippen LogP contribution >= 0.6 is 24.4 Å². The smallest absolute Gasteiger partial charge is 0.233 e. The molecule has 1 unspecified atom stereocenters. The van der Waals surface area contributed by atoms with E-state index in [0.717, 1.165) is 23.5 Å². The lowest BCUT2D eigenvalue weighted by molar-refractivity contribution is -0.120. The maximum absolute atomic E-state index is 11.8. The quantitative estimate of drug-likeness (QED) is 0.481. The van der Waals surface area contributed by atoms with Gasteiger partial charge in [0.25, 0.3) is 0 Å². The summed E-state index contributed by atoms with van der Waals surface area (Å²) in [5.41, 5.74) is 1.12. The van der Waals surface area contributed by atoms with E-state index in [1.54, 1.807) is 11.8 Å². The summed E-state index contributed by atoms with van der Waals surface area (Å²) in [6.45, 7) is 0.885. The Labute approximate surface area is 124 Å². The molecule has 1 atom stereocenters. The van der Waals surface area contributed by atoms with E-state index in [0.29, 0.717) is 13.0 Å². The van der Waals surface area contributed by atoms with E-state index in [1.165, 1.54) is 0 Å². The number of nitrogens with one attached hydrogen (secondary N) is 1. The lowest BCUT2D eigenvalue weighted by Crippen LogP contribution is -2.34. The second-order valence-electron chi connectivity index (χ2n) is 4.19. The summed E-state index contributed by atoms with van der Waals surface area (Å²) in [5.74, 6) is 1.79. The molecule has 0 bridgehead atoms. The maximum atomic E-state index is 11.8. The van der Waals surface area contributed by atoms with Gasteiger partial charge in [0.05, 0.1) is 5.25 Å². The summed E-state index contributed by atoms with van der Waals surface area (Å²) in [7, 11) is 0. The highest BCUT2D eigenvalue weighted by atomic mass is 32.2.